The Morgan fingerprint density at radius 2 is 1.91 bits per heavy atom. The van der Waals surface area contributed by atoms with Crippen LogP contribution in [-0.2, 0) is 11.8 Å². The fraction of sp³-hybridized carbons (Fsp3) is 0.550. The SMILES string of the molecule is CCCCC1(c2cc(O)c3cc(CC)c(=O)oc3c2)CCCC1. The molecule has 0 spiro atoms. The molecule has 0 radical (unpaired) electrons. The van der Waals surface area contributed by atoms with Gasteiger partial charge in [-0.2, -0.15) is 0 Å². The van der Waals surface area contributed by atoms with Crippen LogP contribution < -0.4 is 5.63 Å². The lowest BCUT2D eigenvalue weighted by molar-refractivity contribution is 0.387. The minimum atomic E-state index is -0.286. The van der Waals surface area contributed by atoms with Crippen LogP contribution in [0.3, 0.4) is 0 Å². The molecule has 23 heavy (non-hydrogen) atoms. The van der Waals surface area contributed by atoms with E-state index in [1.165, 1.54) is 25.7 Å². The average molecular weight is 314 g/mol. The van der Waals surface area contributed by atoms with Gasteiger partial charge in [-0.1, -0.05) is 39.5 Å². The molecule has 0 amide bonds. The van der Waals surface area contributed by atoms with Crippen molar-refractivity contribution >= 4 is 11.0 Å². The monoisotopic (exact) mass is 314 g/mol. The zero-order valence-electron chi connectivity index (χ0n) is 14.2. The maximum atomic E-state index is 12.0. The lowest BCUT2D eigenvalue weighted by Gasteiger charge is -2.30. The Kier molecular flexibility index (Phi) is 4.47. The van der Waals surface area contributed by atoms with Gasteiger partial charge in [-0.15, -0.1) is 0 Å². The molecule has 124 valence electrons. The topological polar surface area (TPSA) is 50.4 Å². The van der Waals surface area contributed by atoms with E-state index in [9.17, 15) is 9.90 Å². The van der Waals surface area contributed by atoms with Crippen molar-refractivity contribution in [2.24, 2.45) is 0 Å². The second kappa shape index (κ2) is 6.38. The van der Waals surface area contributed by atoms with E-state index in [1.54, 1.807) is 6.07 Å². The third-order valence-electron chi connectivity index (χ3n) is 5.47. The lowest BCUT2D eigenvalue weighted by Crippen LogP contribution is -2.22. The fourth-order valence-corrected chi connectivity index (χ4v) is 4.04. The van der Waals surface area contributed by atoms with Gasteiger partial charge in [0.25, 0.3) is 0 Å². The fourth-order valence-electron chi connectivity index (χ4n) is 4.04. The standard InChI is InChI=1S/C20H26O3/c1-3-5-8-20(9-6-7-10-20)15-12-17(21)16-11-14(4-2)19(22)23-18(16)13-15/h11-13,21H,3-10H2,1-2H3. The number of hydrogen-bond donors (Lipinski definition) is 1. The highest BCUT2D eigenvalue weighted by Crippen LogP contribution is 2.46. The van der Waals surface area contributed by atoms with Crippen LogP contribution in [0.15, 0.2) is 27.4 Å². The Balaban J connectivity index is 2.13. The molecular weight excluding hydrogens is 288 g/mol. The third-order valence-corrected chi connectivity index (χ3v) is 5.47. The molecular formula is C20H26O3. The van der Waals surface area contributed by atoms with E-state index in [0.717, 1.165) is 24.8 Å². The summed E-state index contributed by atoms with van der Waals surface area (Å²) in [5.41, 5.74) is 2.13. The van der Waals surface area contributed by atoms with Gasteiger partial charge in [0.15, 0.2) is 0 Å². The van der Waals surface area contributed by atoms with E-state index in [2.05, 4.69) is 6.92 Å². The van der Waals surface area contributed by atoms with Crippen LogP contribution in [0.5, 0.6) is 5.75 Å². The smallest absolute Gasteiger partial charge is 0.339 e. The number of aromatic hydroxyl groups is 1. The third kappa shape index (κ3) is 2.89. The van der Waals surface area contributed by atoms with Crippen molar-refractivity contribution in [3.63, 3.8) is 0 Å². The van der Waals surface area contributed by atoms with Crippen molar-refractivity contribution < 1.29 is 9.52 Å². The Morgan fingerprint density at radius 1 is 1.17 bits per heavy atom. The number of phenolic OH excluding ortho intramolecular Hbond substituents is 1. The van der Waals surface area contributed by atoms with E-state index >= 15 is 0 Å². The molecule has 1 aromatic carbocycles. The molecule has 0 saturated heterocycles. The summed E-state index contributed by atoms with van der Waals surface area (Å²) in [6.45, 7) is 4.13. The summed E-state index contributed by atoms with van der Waals surface area (Å²) >= 11 is 0. The van der Waals surface area contributed by atoms with Crippen molar-refractivity contribution in [1.29, 1.82) is 0 Å². The van der Waals surface area contributed by atoms with Crippen LogP contribution in [0.25, 0.3) is 11.0 Å². The van der Waals surface area contributed by atoms with Gasteiger partial charge in [0, 0.05) is 5.56 Å². The first-order valence-corrected chi connectivity index (χ1v) is 8.90. The van der Waals surface area contributed by atoms with E-state index in [0.29, 0.717) is 23.0 Å². The highest BCUT2D eigenvalue weighted by atomic mass is 16.4. The van der Waals surface area contributed by atoms with Crippen LogP contribution in [0.2, 0.25) is 0 Å². The summed E-state index contributed by atoms with van der Waals surface area (Å²) in [6.07, 6.45) is 8.92. The van der Waals surface area contributed by atoms with Crippen LogP contribution in [0.1, 0.15) is 69.9 Å². The molecule has 1 N–H and O–H groups in total. The summed E-state index contributed by atoms with van der Waals surface area (Å²) in [6, 6.07) is 5.67. The average Bonchev–Trinajstić information content (AvgIpc) is 3.02. The molecule has 3 nitrogen and oxygen atoms in total. The summed E-state index contributed by atoms with van der Waals surface area (Å²) < 4.78 is 5.50. The number of rotatable bonds is 5. The van der Waals surface area contributed by atoms with Gasteiger partial charge < -0.3 is 9.52 Å². The van der Waals surface area contributed by atoms with Crippen LogP contribution in [0, 0.1) is 0 Å². The van der Waals surface area contributed by atoms with Crippen molar-refractivity contribution in [1.82, 2.24) is 0 Å². The molecule has 1 fully saturated rings. The Morgan fingerprint density at radius 3 is 2.57 bits per heavy atom. The van der Waals surface area contributed by atoms with Gasteiger partial charge in [-0.25, -0.2) is 4.79 Å². The molecule has 1 heterocycles. The number of unbranched alkanes of at least 4 members (excludes halogenated alkanes) is 1. The van der Waals surface area contributed by atoms with Gasteiger partial charge in [-0.3, -0.25) is 0 Å². The number of aryl methyl sites for hydroxylation is 1. The highest BCUT2D eigenvalue weighted by Gasteiger charge is 2.35. The largest absolute Gasteiger partial charge is 0.507 e. The van der Waals surface area contributed by atoms with Crippen molar-refractivity contribution in [2.75, 3.05) is 0 Å². The van der Waals surface area contributed by atoms with Crippen LogP contribution >= 0.6 is 0 Å². The minimum absolute atomic E-state index is 0.143. The van der Waals surface area contributed by atoms with Crippen molar-refractivity contribution in [3.8, 4) is 5.75 Å². The molecule has 0 bridgehead atoms. The lowest BCUT2D eigenvalue weighted by atomic mass is 9.74. The quantitative estimate of drug-likeness (QED) is 0.784. The first-order chi connectivity index (χ1) is 11.1. The summed E-state index contributed by atoms with van der Waals surface area (Å²) in [7, 11) is 0. The number of hydrogen-bond acceptors (Lipinski definition) is 3. The van der Waals surface area contributed by atoms with E-state index in [-0.39, 0.29) is 16.8 Å². The summed E-state index contributed by atoms with van der Waals surface area (Å²) in [4.78, 5) is 12.0. The van der Waals surface area contributed by atoms with Crippen LogP contribution in [0.4, 0.5) is 0 Å². The molecule has 3 heteroatoms. The molecule has 1 saturated carbocycles. The minimum Gasteiger partial charge on any atom is -0.507 e. The Bertz CT molecular complexity index is 751. The summed E-state index contributed by atoms with van der Waals surface area (Å²) in [5.74, 6) is 0.235. The molecule has 1 aliphatic rings. The molecule has 1 aliphatic carbocycles. The predicted octanol–water partition coefficient (Wildman–Crippen LogP) is 5.06. The second-order valence-electron chi connectivity index (χ2n) is 6.91. The van der Waals surface area contributed by atoms with Crippen molar-refractivity contribution in [2.45, 2.75) is 70.6 Å². The van der Waals surface area contributed by atoms with Gasteiger partial charge in [-0.05, 0) is 54.9 Å². The maximum absolute atomic E-state index is 12.0. The van der Waals surface area contributed by atoms with E-state index in [1.807, 2.05) is 19.1 Å². The second-order valence-corrected chi connectivity index (χ2v) is 6.91. The number of fused-ring (bicyclic) bond motifs is 1. The zero-order valence-corrected chi connectivity index (χ0v) is 14.2. The maximum Gasteiger partial charge on any atom is 0.339 e. The van der Waals surface area contributed by atoms with Crippen LogP contribution in [-0.4, -0.2) is 5.11 Å². The zero-order chi connectivity index (χ0) is 16.4. The van der Waals surface area contributed by atoms with Gasteiger partial charge in [0.1, 0.15) is 11.3 Å². The highest BCUT2D eigenvalue weighted by molar-refractivity contribution is 5.84. The van der Waals surface area contributed by atoms with Gasteiger partial charge in [0.2, 0.25) is 0 Å². The normalized spacial score (nSPS) is 17.0. The molecule has 3 rings (SSSR count). The van der Waals surface area contributed by atoms with Crippen molar-refractivity contribution in [3.05, 3.63) is 39.7 Å². The first-order valence-electron chi connectivity index (χ1n) is 8.90. The number of phenols is 1. The predicted molar refractivity (Wildman–Crippen MR) is 93.2 cm³/mol. The molecule has 1 aromatic heterocycles. The van der Waals surface area contributed by atoms with E-state index in [4.69, 9.17) is 4.42 Å². The Labute approximate surface area is 137 Å². The van der Waals surface area contributed by atoms with Gasteiger partial charge in [0.05, 0.1) is 5.39 Å². The molecule has 0 aliphatic heterocycles. The van der Waals surface area contributed by atoms with E-state index < -0.39 is 0 Å². The van der Waals surface area contributed by atoms with Gasteiger partial charge >= 0.3 is 5.63 Å². The molecule has 0 atom stereocenters. The molecule has 0 unspecified atom stereocenters. The first kappa shape index (κ1) is 16.1. The molecule has 2 aromatic rings. The number of benzene rings is 1. The Hall–Kier alpha value is -1.77. The summed E-state index contributed by atoms with van der Waals surface area (Å²) in [5, 5.41) is 11.1.